The lowest BCUT2D eigenvalue weighted by molar-refractivity contribution is -0.192. The molecule has 1 fully saturated rings. The first-order valence-corrected chi connectivity index (χ1v) is 15.2. The van der Waals surface area contributed by atoms with E-state index in [-0.39, 0.29) is 25.3 Å². The molecule has 1 aromatic rings. The number of carboxylic acid groups (broad SMARTS) is 2. The van der Waals surface area contributed by atoms with Crippen LogP contribution in [0.3, 0.4) is 0 Å². The Hall–Kier alpha value is -5.47. The van der Waals surface area contributed by atoms with Gasteiger partial charge in [0.15, 0.2) is 5.96 Å². The summed E-state index contributed by atoms with van der Waals surface area (Å²) in [6, 6.07) is 2.95. The van der Waals surface area contributed by atoms with Gasteiger partial charge in [0.05, 0.1) is 13.0 Å². The number of amides is 5. The Morgan fingerprint density at radius 2 is 1.54 bits per heavy atom. The molecule has 1 saturated heterocycles. The van der Waals surface area contributed by atoms with Crippen LogP contribution in [0.5, 0.6) is 0 Å². The zero-order chi connectivity index (χ0) is 38.0. The zero-order valence-corrected chi connectivity index (χ0v) is 27.1. The molecule has 0 bridgehead atoms. The molecule has 4 atom stereocenters. The van der Waals surface area contributed by atoms with Crippen LogP contribution in [0.25, 0.3) is 0 Å². The molecule has 278 valence electrons. The van der Waals surface area contributed by atoms with Crippen molar-refractivity contribution < 1.29 is 56.9 Å². The molecule has 0 saturated carbocycles. The number of hydrogen-bond acceptors (Lipinski definition) is 9. The number of nitrogens with one attached hydrogen (secondary N) is 4. The molecule has 1 aliphatic rings. The minimum absolute atomic E-state index is 0.104. The van der Waals surface area contributed by atoms with E-state index in [1.807, 2.05) is 0 Å². The molecule has 0 aromatic heterocycles. The van der Waals surface area contributed by atoms with E-state index < -0.39 is 84.8 Å². The third kappa shape index (κ3) is 15.2. The number of aliphatic imine (C=N–C) groups is 1. The van der Waals surface area contributed by atoms with Gasteiger partial charge in [0, 0.05) is 13.6 Å². The lowest BCUT2D eigenvalue weighted by Crippen LogP contribution is -2.57. The number of benzene rings is 1. The summed E-state index contributed by atoms with van der Waals surface area (Å²) in [5, 5.41) is 26.6. The number of carboxylic acids is 2. The van der Waals surface area contributed by atoms with Crippen LogP contribution in [0, 0.1) is 0 Å². The lowest BCUT2D eigenvalue weighted by atomic mass is 10.0. The van der Waals surface area contributed by atoms with Gasteiger partial charge in [0.2, 0.25) is 29.5 Å². The number of likely N-dealkylation sites (N-methyl/N-ethyl adjacent to an activating group) is 1. The van der Waals surface area contributed by atoms with Crippen molar-refractivity contribution >= 4 is 47.4 Å². The van der Waals surface area contributed by atoms with Crippen LogP contribution in [-0.2, 0) is 33.6 Å². The van der Waals surface area contributed by atoms with Crippen molar-refractivity contribution in [3.63, 3.8) is 0 Å². The van der Waals surface area contributed by atoms with Gasteiger partial charge >= 0.3 is 18.1 Å². The Morgan fingerprint density at radius 1 is 0.920 bits per heavy atom. The molecule has 0 spiro atoms. The average Bonchev–Trinajstić information content (AvgIpc) is 3.04. The highest BCUT2D eigenvalue weighted by Crippen LogP contribution is 2.18. The maximum Gasteiger partial charge on any atom is 0.490 e. The SMILES string of the molecule is CN1C(=O)[C@H](CCCN=C(N)N)NC(=O)CNC(=O)C[C@@H](C(=O)O)NC(=O)[C@@H](c2ccccc2)NC(=O)[C@H]1CCCCN.O=C(O)C(F)(F)F. The van der Waals surface area contributed by atoms with Gasteiger partial charge in [0.1, 0.15) is 24.2 Å². The Balaban J connectivity index is 0.00000161. The monoisotopic (exact) mass is 717 g/mol. The summed E-state index contributed by atoms with van der Waals surface area (Å²) in [5.41, 5.74) is 16.7. The summed E-state index contributed by atoms with van der Waals surface area (Å²) < 4.78 is 31.7. The Kier molecular flexibility index (Phi) is 17.7. The number of guanidine groups is 1. The summed E-state index contributed by atoms with van der Waals surface area (Å²) in [6.07, 6.45) is -4.13. The molecule has 0 radical (unpaired) electrons. The highest BCUT2D eigenvalue weighted by Gasteiger charge is 2.38. The van der Waals surface area contributed by atoms with E-state index in [9.17, 15) is 47.0 Å². The Morgan fingerprint density at radius 3 is 2.08 bits per heavy atom. The molecule has 5 amide bonds. The van der Waals surface area contributed by atoms with Crippen LogP contribution in [-0.4, -0.2) is 114 Å². The largest absolute Gasteiger partial charge is 0.490 e. The van der Waals surface area contributed by atoms with Crippen LogP contribution in [0.15, 0.2) is 35.3 Å². The molecule has 12 N–H and O–H groups in total. The molecule has 1 aromatic carbocycles. The van der Waals surface area contributed by atoms with Crippen LogP contribution in [0.2, 0.25) is 0 Å². The van der Waals surface area contributed by atoms with Crippen molar-refractivity contribution in [3.05, 3.63) is 35.9 Å². The summed E-state index contributed by atoms with van der Waals surface area (Å²) in [6.45, 7) is -0.0340. The average molecular weight is 718 g/mol. The van der Waals surface area contributed by atoms with Crippen LogP contribution in [0.1, 0.15) is 50.1 Å². The van der Waals surface area contributed by atoms with Crippen molar-refractivity contribution in [3.8, 4) is 0 Å². The normalized spacial score (nSPS) is 21.0. The smallest absolute Gasteiger partial charge is 0.480 e. The second-order valence-corrected chi connectivity index (χ2v) is 10.9. The second-order valence-electron chi connectivity index (χ2n) is 10.9. The van der Waals surface area contributed by atoms with Gasteiger partial charge in [-0.1, -0.05) is 30.3 Å². The summed E-state index contributed by atoms with van der Waals surface area (Å²) in [7, 11) is 1.41. The number of halogens is 3. The van der Waals surface area contributed by atoms with E-state index in [4.69, 9.17) is 27.1 Å². The van der Waals surface area contributed by atoms with Crippen molar-refractivity contribution in [1.82, 2.24) is 26.2 Å². The molecule has 18 nitrogen and oxygen atoms in total. The molecule has 0 aliphatic carbocycles. The molecule has 2 rings (SSSR count). The van der Waals surface area contributed by atoms with Crippen molar-refractivity contribution in [2.24, 2.45) is 22.2 Å². The maximum absolute atomic E-state index is 13.7. The molecular formula is C29H42F3N9O9. The first-order valence-electron chi connectivity index (χ1n) is 15.2. The highest BCUT2D eigenvalue weighted by atomic mass is 19.4. The topological polar surface area (TPSA) is 302 Å². The standard InChI is InChI=1S/C27H41N9O7.C2HF3O2/c1-36-19(11-5-6-12-28)23(39)35-22(16-8-3-2-4-9-16)24(40)34-18(26(42)43)14-20(37)32-15-21(38)33-17(25(36)41)10-7-13-31-27(29)30;3-2(4,5)1(6)7/h2-4,8-9,17-19,22H,5-7,10-15,28H2,1H3,(H,32,37)(H,33,38)(H,34,40)(H,35,39)(H,42,43)(H4,29,30,31);(H,6,7)/t17-,18-,19+,22+;/m0./s1. The van der Waals surface area contributed by atoms with E-state index in [1.165, 1.54) is 11.9 Å². The fourth-order valence-corrected chi connectivity index (χ4v) is 4.46. The lowest BCUT2D eigenvalue weighted by Gasteiger charge is -2.32. The van der Waals surface area contributed by atoms with Crippen LogP contribution in [0.4, 0.5) is 13.2 Å². The second kappa shape index (κ2) is 20.8. The van der Waals surface area contributed by atoms with Crippen molar-refractivity contribution in [2.45, 2.75) is 68.9 Å². The number of nitrogens with zero attached hydrogens (tertiary/aromatic N) is 2. The predicted octanol–water partition coefficient (Wildman–Crippen LogP) is -1.94. The van der Waals surface area contributed by atoms with Crippen molar-refractivity contribution in [1.29, 1.82) is 0 Å². The number of nitrogens with two attached hydrogens (primary N) is 3. The molecule has 50 heavy (non-hydrogen) atoms. The summed E-state index contributed by atoms with van der Waals surface area (Å²) in [5.74, 6) is -8.08. The quantitative estimate of drug-likeness (QED) is 0.0726. The van der Waals surface area contributed by atoms with E-state index >= 15 is 0 Å². The Bertz CT molecular complexity index is 1380. The van der Waals surface area contributed by atoms with Gasteiger partial charge in [0.25, 0.3) is 0 Å². The maximum atomic E-state index is 13.7. The fourth-order valence-electron chi connectivity index (χ4n) is 4.46. The molecule has 1 heterocycles. The third-order valence-electron chi connectivity index (χ3n) is 7.00. The number of carbonyl (C=O) groups excluding carboxylic acids is 5. The van der Waals surface area contributed by atoms with E-state index in [1.54, 1.807) is 30.3 Å². The number of carbonyl (C=O) groups is 7. The first-order chi connectivity index (χ1) is 23.4. The van der Waals surface area contributed by atoms with Gasteiger partial charge in [-0.2, -0.15) is 13.2 Å². The van der Waals surface area contributed by atoms with Gasteiger partial charge in [-0.05, 0) is 44.2 Å². The minimum atomic E-state index is -5.08. The van der Waals surface area contributed by atoms with E-state index in [0.29, 0.717) is 31.4 Å². The first kappa shape index (κ1) is 42.6. The number of unbranched alkanes of at least 4 members (excludes halogenated alkanes) is 1. The van der Waals surface area contributed by atoms with Crippen molar-refractivity contribution in [2.75, 3.05) is 26.7 Å². The molecule has 21 heteroatoms. The molecule has 1 aliphatic heterocycles. The van der Waals surface area contributed by atoms with Crippen LogP contribution >= 0.6 is 0 Å². The number of hydrogen-bond donors (Lipinski definition) is 9. The molecule has 0 unspecified atom stereocenters. The summed E-state index contributed by atoms with van der Waals surface area (Å²) in [4.78, 5) is 91.9. The number of rotatable bonds is 10. The number of aliphatic carboxylic acids is 2. The van der Waals surface area contributed by atoms with Crippen LogP contribution < -0.4 is 38.5 Å². The zero-order valence-electron chi connectivity index (χ0n) is 27.1. The van der Waals surface area contributed by atoms with Gasteiger partial charge in [-0.15, -0.1) is 0 Å². The van der Waals surface area contributed by atoms with Gasteiger partial charge < -0.3 is 53.6 Å². The predicted molar refractivity (Wildman–Crippen MR) is 170 cm³/mol. The highest BCUT2D eigenvalue weighted by molar-refractivity contribution is 5.97. The number of alkyl halides is 3. The summed E-state index contributed by atoms with van der Waals surface area (Å²) >= 11 is 0. The van der Waals surface area contributed by atoms with E-state index in [0.717, 1.165) is 0 Å². The molecular weight excluding hydrogens is 675 g/mol. The Labute approximate surface area is 284 Å². The third-order valence-corrected chi connectivity index (χ3v) is 7.00. The fraction of sp³-hybridized carbons (Fsp3) is 0.517. The van der Waals surface area contributed by atoms with Gasteiger partial charge in [-0.25, -0.2) is 9.59 Å². The van der Waals surface area contributed by atoms with E-state index in [2.05, 4.69) is 26.3 Å². The minimum Gasteiger partial charge on any atom is -0.480 e. The van der Waals surface area contributed by atoms with Gasteiger partial charge in [-0.3, -0.25) is 29.0 Å².